The standard InChI is InChI=1S/C16H30N2O6S/c1-4-11(20)9-13(22)25-8-7-17-12(21)5-6-18-15(24)14(23)16(2,3)10-19/h11,14,19-20,23H,4-10H2,1-3H3,(H,17,21)(H,18,24)/t11-,14+/m1/s1. The first-order valence-corrected chi connectivity index (χ1v) is 9.29. The lowest BCUT2D eigenvalue weighted by Gasteiger charge is -2.27. The van der Waals surface area contributed by atoms with Gasteiger partial charge >= 0.3 is 0 Å². The van der Waals surface area contributed by atoms with E-state index in [-0.39, 0.29) is 37.0 Å². The van der Waals surface area contributed by atoms with E-state index < -0.39 is 23.5 Å². The van der Waals surface area contributed by atoms with Crippen LogP contribution >= 0.6 is 11.8 Å². The zero-order valence-corrected chi connectivity index (χ0v) is 15.9. The Morgan fingerprint density at radius 2 is 1.76 bits per heavy atom. The molecule has 0 saturated heterocycles. The maximum Gasteiger partial charge on any atom is 0.249 e. The van der Waals surface area contributed by atoms with Crippen LogP contribution in [-0.2, 0) is 14.4 Å². The van der Waals surface area contributed by atoms with Crippen LogP contribution in [0.3, 0.4) is 0 Å². The number of aliphatic hydroxyl groups excluding tert-OH is 3. The van der Waals surface area contributed by atoms with Crippen molar-refractivity contribution in [1.29, 1.82) is 0 Å². The van der Waals surface area contributed by atoms with Gasteiger partial charge in [-0.2, -0.15) is 0 Å². The van der Waals surface area contributed by atoms with Gasteiger partial charge in [-0.1, -0.05) is 32.5 Å². The third-order valence-corrected chi connectivity index (χ3v) is 4.51. The number of nitrogens with one attached hydrogen (secondary N) is 2. The second-order valence-electron chi connectivity index (χ2n) is 6.43. The summed E-state index contributed by atoms with van der Waals surface area (Å²) in [6.07, 6.45) is -1.30. The molecule has 0 aromatic rings. The van der Waals surface area contributed by atoms with Crippen LogP contribution in [0.4, 0.5) is 0 Å². The predicted molar refractivity (Wildman–Crippen MR) is 95.9 cm³/mol. The first-order valence-electron chi connectivity index (χ1n) is 8.31. The van der Waals surface area contributed by atoms with Gasteiger partial charge < -0.3 is 26.0 Å². The molecule has 0 bridgehead atoms. The molecule has 0 aliphatic carbocycles. The zero-order chi connectivity index (χ0) is 19.5. The fraction of sp³-hybridized carbons (Fsp3) is 0.812. The van der Waals surface area contributed by atoms with Gasteiger partial charge in [-0.3, -0.25) is 14.4 Å². The summed E-state index contributed by atoms with van der Waals surface area (Å²) < 4.78 is 0. The topological polar surface area (TPSA) is 136 Å². The van der Waals surface area contributed by atoms with E-state index in [2.05, 4.69) is 10.6 Å². The van der Waals surface area contributed by atoms with Crippen molar-refractivity contribution in [2.75, 3.05) is 25.4 Å². The third-order valence-electron chi connectivity index (χ3n) is 3.61. The molecule has 0 aromatic heterocycles. The molecule has 0 aliphatic rings. The average molecular weight is 378 g/mol. The van der Waals surface area contributed by atoms with Crippen LogP contribution in [0.25, 0.3) is 0 Å². The highest BCUT2D eigenvalue weighted by atomic mass is 32.2. The Labute approximate surface area is 152 Å². The van der Waals surface area contributed by atoms with Gasteiger partial charge in [-0.05, 0) is 6.42 Å². The van der Waals surface area contributed by atoms with Crippen molar-refractivity contribution in [3.63, 3.8) is 0 Å². The van der Waals surface area contributed by atoms with Crippen molar-refractivity contribution < 1.29 is 29.7 Å². The Balaban J connectivity index is 3.85. The molecule has 0 saturated carbocycles. The summed E-state index contributed by atoms with van der Waals surface area (Å²) in [5.74, 6) is -0.503. The number of aliphatic hydroxyl groups is 3. The molecule has 2 amide bonds. The Hall–Kier alpha value is -1.16. The van der Waals surface area contributed by atoms with Gasteiger partial charge in [0.05, 0.1) is 12.7 Å². The van der Waals surface area contributed by atoms with E-state index >= 15 is 0 Å². The van der Waals surface area contributed by atoms with E-state index in [1.807, 2.05) is 0 Å². The number of thioether (sulfide) groups is 1. The molecular formula is C16H30N2O6S. The van der Waals surface area contributed by atoms with Gasteiger partial charge in [-0.15, -0.1) is 0 Å². The van der Waals surface area contributed by atoms with Gasteiger partial charge in [0, 0.05) is 37.1 Å². The third kappa shape index (κ3) is 10.4. The normalized spacial score (nSPS) is 13.8. The molecule has 5 N–H and O–H groups in total. The number of amides is 2. The van der Waals surface area contributed by atoms with E-state index in [9.17, 15) is 24.6 Å². The maximum atomic E-state index is 11.7. The van der Waals surface area contributed by atoms with E-state index in [0.717, 1.165) is 11.8 Å². The van der Waals surface area contributed by atoms with Gasteiger partial charge in [0.1, 0.15) is 6.10 Å². The van der Waals surface area contributed by atoms with Crippen LogP contribution in [0.15, 0.2) is 0 Å². The van der Waals surface area contributed by atoms with Crippen molar-refractivity contribution in [3.8, 4) is 0 Å². The number of rotatable bonds is 12. The zero-order valence-electron chi connectivity index (χ0n) is 15.1. The van der Waals surface area contributed by atoms with Crippen molar-refractivity contribution in [2.45, 2.75) is 52.2 Å². The Kier molecular flexibility index (Phi) is 11.7. The summed E-state index contributed by atoms with van der Waals surface area (Å²) in [5, 5.41) is 33.2. The number of hydrogen-bond acceptors (Lipinski definition) is 7. The second kappa shape index (κ2) is 12.2. The quantitative estimate of drug-likeness (QED) is 0.286. The molecular weight excluding hydrogens is 348 g/mol. The SMILES string of the molecule is CC[C@@H](O)CC(=O)SCCNC(=O)CCNC(=O)[C@H](O)C(C)(C)CO. The lowest BCUT2D eigenvalue weighted by molar-refractivity contribution is -0.137. The highest BCUT2D eigenvalue weighted by Gasteiger charge is 2.32. The van der Waals surface area contributed by atoms with Crippen LogP contribution in [0, 0.1) is 5.41 Å². The minimum atomic E-state index is -1.36. The van der Waals surface area contributed by atoms with Gasteiger partial charge in [-0.25, -0.2) is 0 Å². The van der Waals surface area contributed by atoms with Crippen LogP contribution in [0.5, 0.6) is 0 Å². The number of hydrogen-bond donors (Lipinski definition) is 5. The smallest absolute Gasteiger partial charge is 0.249 e. The van der Waals surface area contributed by atoms with Crippen LogP contribution < -0.4 is 10.6 Å². The molecule has 0 unspecified atom stereocenters. The summed E-state index contributed by atoms with van der Waals surface area (Å²) in [6.45, 7) is 4.95. The van der Waals surface area contributed by atoms with Gasteiger partial charge in [0.25, 0.3) is 0 Å². The average Bonchev–Trinajstić information content (AvgIpc) is 2.57. The molecule has 25 heavy (non-hydrogen) atoms. The molecule has 2 atom stereocenters. The van der Waals surface area contributed by atoms with E-state index in [1.165, 1.54) is 0 Å². The molecule has 9 heteroatoms. The Morgan fingerprint density at radius 1 is 1.12 bits per heavy atom. The first kappa shape index (κ1) is 23.8. The summed E-state index contributed by atoms with van der Waals surface area (Å²) in [4.78, 5) is 34.8. The highest BCUT2D eigenvalue weighted by molar-refractivity contribution is 8.13. The summed E-state index contributed by atoms with van der Waals surface area (Å²) in [7, 11) is 0. The first-order chi connectivity index (χ1) is 11.6. The second-order valence-corrected chi connectivity index (χ2v) is 7.58. The molecule has 0 heterocycles. The lowest BCUT2D eigenvalue weighted by Crippen LogP contribution is -2.46. The monoisotopic (exact) mass is 378 g/mol. The molecule has 0 aliphatic heterocycles. The van der Waals surface area contributed by atoms with Crippen LogP contribution in [-0.4, -0.2) is 69.9 Å². The molecule has 0 rings (SSSR count). The molecule has 0 fully saturated rings. The lowest BCUT2D eigenvalue weighted by atomic mass is 9.87. The summed E-state index contributed by atoms with van der Waals surface area (Å²) >= 11 is 1.06. The minimum Gasteiger partial charge on any atom is -0.396 e. The molecule has 0 radical (unpaired) electrons. The van der Waals surface area contributed by atoms with Crippen LogP contribution in [0.1, 0.15) is 40.0 Å². The Morgan fingerprint density at radius 3 is 2.32 bits per heavy atom. The van der Waals surface area contributed by atoms with Crippen LogP contribution in [0.2, 0.25) is 0 Å². The van der Waals surface area contributed by atoms with E-state index in [1.54, 1.807) is 20.8 Å². The van der Waals surface area contributed by atoms with Crippen molar-refractivity contribution in [1.82, 2.24) is 10.6 Å². The molecule has 146 valence electrons. The van der Waals surface area contributed by atoms with Gasteiger partial charge in [0.2, 0.25) is 11.8 Å². The van der Waals surface area contributed by atoms with E-state index in [4.69, 9.17) is 5.11 Å². The Bertz CT molecular complexity index is 444. The van der Waals surface area contributed by atoms with Gasteiger partial charge in [0.15, 0.2) is 5.12 Å². The molecule has 0 aromatic carbocycles. The van der Waals surface area contributed by atoms with Crippen molar-refractivity contribution in [2.24, 2.45) is 5.41 Å². The molecule has 0 spiro atoms. The highest BCUT2D eigenvalue weighted by Crippen LogP contribution is 2.19. The van der Waals surface area contributed by atoms with Crippen molar-refractivity contribution >= 4 is 28.7 Å². The number of carbonyl (C=O) groups is 3. The summed E-state index contributed by atoms with van der Waals surface area (Å²) in [5.41, 5.74) is -0.957. The van der Waals surface area contributed by atoms with Crippen molar-refractivity contribution in [3.05, 3.63) is 0 Å². The predicted octanol–water partition coefficient (Wildman–Crippen LogP) is -0.591. The maximum absolute atomic E-state index is 11.7. The minimum absolute atomic E-state index is 0.0468. The molecule has 8 nitrogen and oxygen atoms in total. The number of carbonyl (C=O) groups excluding carboxylic acids is 3. The largest absolute Gasteiger partial charge is 0.396 e. The fourth-order valence-corrected chi connectivity index (χ4v) is 2.42. The fourth-order valence-electron chi connectivity index (χ4n) is 1.68. The van der Waals surface area contributed by atoms with E-state index in [0.29, 0.717) is 18.7 Å². The summed E-state index contributed by atoms with van der Waals surface area (Å²) in [6, 6.07) is 0.